The average Bonchev–Trinajstić information content (AvgIpc) is 2.61. The van der Waals surface area contributed by atoms with Crippen molar-refractivity contribution < 1.29 is 88.4 Å². The van der Waals surface area contributed by atoms with Gasteiger partial charge in [0.15, 0.2) is 0 Å². The van der Waals surface area contributed by atoms with Crippen LogP contribution in [-0.4, -0.2) is 25.7 Å². The first-order chi connectivity index (χ1) is 11.5. The van der Waals surface area contributed by atoms with E-state index in [1.54, 1.807) is 0 Å². The topological polar surface area (TPSA) is 98.7 Å². The Morgan fingerprint density at radius 2 is 1.19 bits per heavy atom. The van der Waals surface area contributed by atoms with Gasteiger partial charge < -0.3 is 19.7 Å². The van der Waals surface area contributed by atoms with Crippen LogP contribution in [0.1, 0.15) is 34.1 Å². The molecule has 0 fully saturated rings. The number of carbonyl (C=O) groups excluding carboxylic acids is 2. The second-order valence-corrected chi connectivity index (χ2v) is 4.68. The molecule has 0 aromatic heterocycles. The number of hydrogen-bond donors (Lipinski definition) is 0. The summed E-state index contributed by atoms with van der Waals surface area (Å²) in [6.45, 7) is 2.34. The molecule has 0 radical (unpaired) electrons. The Balaban J connectivity index is 0. The van der Waals surface area contributed by atoms with Gasteiger partial charge in [-0.15, -0.1) is 11.5 Å². The van der Waals surface area contributed by atoms with Crippen molar-refractivity contribution in [3.8, 4) is 11.5 Å². The molecule has 128 valence electrons. The van der Waals surface area contributed by atoms with E-state index in [9.17, 15) is 19.8 Å². The molecule has 0 saturated carbocycles. The summed E-state index contributed by atoms with van der Waals surface area (Å²) in [5, 5.41) is 21.3. The van der Waals surface area contributed by atoms with Crippen molar-refractivity contribution in [2.45, 2.75) is 13.3 Å². The quantitative estimate of drug-likeness (QED) is 0.397. The van der Waals surface area contributed by atoms with Crippen molar-refractivity contribution in [1.82, 2.24) is 0 Å². The van der Waals surface area contributed by atoms with Crippen LogP contribution in [0, 0.1) is 0 Å². The summed E-state index contributed by atoms with van der Waals surface area (Å²) in [5.74, 6) is -1.02. The fraction of sp³-hybridized carbons (Fsp3) is 0.222. The predicted octanol–water partition coefficient (Wildman–Crippen LogP) is -4.12. The van der Waals surface area contributed by atoms with E-state index < -0.39 is 5.97 Å². The van der Waals surface area contributed by atoms with Gasteiger partial charge in [0.25, 0.3) is 0 Å². The van der Waals surface area contributed by atoms with Crippen LogP contribution in [0.15, 0.2) is 48.5 Å². The van der Waals surface area contributed by atoms with E-state index in [1.165, 1.54) is 55.6 Å². The minimum absolute atomic E-state index is 0. The van der Waals surface area contributed by atoms with Gasteiger partial charge in [-0.25, -0.2) is 9.59 Å². The van der Waals surface area contributed by atoms with Gasteiger partial charge in [-0.2, -0.15) is 0 Å². The van der Waals surface area contributed by atoms with E-state index in [-0.39, 0.29) is 76.6 Å². The molecule has 0 aliphatic rings. The zero-order valence-electron chi connectivity index (χ0n) is 15.5. The van der Waals surface area contributed by atoms with Crippen molar-refractivity contribution in [2.24, 2.45) is 0 Å². The first-order valence-electron chi connectivity index (χ1n) is 7.27. The third-order valence-electron chi connectivity index (χ3n) is 2.80. The number of methoxy groups -OCH3 is 1. The summed E-state index contributed by atoms with van der Waals surface area (Å²) in [7, 11) is 1.30. The molecule has 0 heterocycles. The van der Waals surface area contributed by atoms with Crippen molar-refractivity contribution in [3.63, 3.8) is 0 Å². The van der Waals surface area contributed by atoms with Gasteiger partial charge in [-0.1, -0.05) is 31.2 Å². The third-order valence-corrected chi connectivity index (χ3v) is 2.80. The van der Waals surface area contributed by atoms with Gasteiger partial charge in [0.1, 0.15) is 0 Å². The zero-order chi connectivity index (χ0) is 17.9. The number of esters is 2. The number of carbonyl (C=O) groups is 2. The summed E-state index contributed by atoms with van der Waals surface area (Å²) in [5.41, 5.74) is 0.820. The smallest absolute Gasteiger partial charge is 0.872 e. The van der Waals surface area contributed by atoms with Gasteiger partial charge in [0.2, 0.25) is 0 Å². The van der Waals surface area contributed by atoms with E-state index in [2.05, 4.69) is 4.74 Å². The molecule has 0 saturated heterocycles. The monoisotopic (exact) mass is 376 g/mol. The number of hydrogen-bond acceptors (Lipinski definition) is 6. The van der Waals surface area contributed by atoms with Crippen LogP contribution >= 0.6 is 0 Å². The largest absolute Gasteiger partial charge is 1.00 e. The standard InChI is InChI=1S/C10H12O3.C8H8O3.2Na/c1-2-7-13-10(12)8-3-5-9(11)6-4-8;1-11-8(10)6-2-4-7(9)5-3-6;;/h3-6,11H,2,7H2,1H3;2-5,9H,1H3;;/q;;2*+1/p-2. The maximum Gasteiger partial charge on any atom is 1.00 e. The molecule has 0 bridgehead atoms. The zero-order valence-corrected chi connectivity index (χ0v) is 19.5. The SMILES string of the molecule is CCCOC(=O)c1ccc([O-])cc1.COC(=O)c1ccc([O-])cc1.[Na+].[Na+]. The van der Waals surface area contributed by atoms with Gasteiger partial charge in [0.05, 0.1) is 24.8 Å². The van der Waals surface area contributed by atoms with Crippen molar-refractivity contribution in [1.29, 1.82) is 0 Å². The number of rotatable bonds is 4. The van der Waals surface area contributed by atoms with Crippen molar-refractivity contribution >= 4 is 11.9 Å². The van der Waals surface area contributed by atoms with Crippen molar-refractivity contribution in [2.75, 3.05) is 13.7 Å². The molecule has 2 rings (SSSR count). The Bertz CT molecular complexity index is 656. The minimum Gasteiger partial charge on any atom is -0.872 e. The average molecular weight is 376 g/mol. The molecule has 0 amide bonds. The van der Waals surface area contributed by atoms with E-state index >= 15 is 0 Å². The Kier molecular flexibility index (Phi) is 15.8. The van der Waals surface area contributed by atoms with Gasteiger partial charge in [-0.3, -0.25) is 0 Å². The molecule has 0 N–H and O–H groups in total. The van der Waals surface area contributed by atoms with Crippen LogP contribution in [0.25, 0.3) is 0 Å². The van der Waals surface area contributed by atoms with E-state index in [1.807, 2.05) is 6.92 Å². The molecule has 8 heteroatoms. The Hall–Kier alpha value is -1.02. The van der Waals surface area contributed by atoms with Crippen molar-refractivity contribution in [3.05, 3.63) is 59.7 Å². The normalized spacial score (nSPS) is 8.69. The first kappa shape index (κ1) is 27.2. The molecule has 0 spiro atoms. The Labute approximate surface area is 197 Å². The van der Waals surface area contributed by atoms with Gasteiger partial charge in [-0.05, 0) is 30.7 Å². The van der Waals surface area contributed by atoms with Crippen LogP contribution in [0.2, 0.25) is 0 Å². The summed E-state index contributed by atoms with van der Waals surface area (Å²) in [6.07, 6.45) is 0.797. The van der Waals surface area contributed by atoms with E-state index in [0.29, 0.717) is 17.7 Å². The summed E-state index contributed by atoms with van der Waals surface area (Å²) < 4.78 is 9.31. The number of benzene rings is 2. The van der Waals surface area contributed by atoms with Gasteiger partial charge >= 0.3 is 71.1 Å². The fourth-order valence-corrected chi connectivity index (χ4v) is 1.58. The van der Waals surface area contributed by atoms with Crippen LogP contribution < -0.4 is 69.3 Å². The third kappa shape index (κ3) is 10.2. The summed E-state index contributed by atoms with van der Waals surface area (Å²) in [4.78, 5) is 22.0. The van der Waals surface area contributed by atoms with Crippen LogP contribution in [0.5, 0.6) is 11.5 Å². The number of ether oxygens (including phenoxy) is 2. The van der Waals surface area contributed by atoms with E-state index in [4.69, 9.17) is 4.74 Å². The molecule has 0 aliphatic heterocycles. The Morgan fingerprint density at radius 1 is 0.808 bits per heavy atom. The van der Waals surface area contributed by atoms with Gasteiger partial charge in [0, 0.05) is 0 Å². The molecule has 0 unspecified atom stereocenters. The maximum atomic E-state index is 11.2. The fourth-order valence-electron chi connectivity index (χ4n) is 1.58. The van der Waals surface area contributed by atoms with E-state index in [0.717, 1.165) is 6.42 Å². The maximum absolute atomic E-state index is 11.2. The molecule has 6 nitrogen and oxygen atoms in total. The second kappa shape index (κ2) is 15.1. The first-order valence-corrected chi connectivity index (χ1v) is 7.27. The molecular weight excluding hydrogens is 358 g/mol. The minimum atomic E-state index is -0.426. The molecule has 2 aromatic carbocycles. The van der Waals surface area contributed by atoms with Crippen LogP contribution in [0.3, 0.4) is 0 Å². The molecule has 0 aliphatic carbocycles. The summed E-state index contributed by atoms with van der Waals surface area (Å²) >= 11 is 0. The molecule has 26 heavy (non-hydrogen) atoms. The molecular formula is C18H18Na2O6. The summed E-state index contributed by atoms with van der Waals surface area (Å²) in [6, 6.07) is 11.2. The van der Waals surface area contributed by atoms with Crippen LogP contribution in [0.4, 0.5) is 0 Å². The molecule has 2 aromatic rings. The van der Waals surface area contributed by atoms with Crippen LogP contribution in [-0.2, 0) is 9.47 Å². The molecule has 0 atom stereocenters. The Morgan fingerprint density at radius 3 is 1.54 bits per heavy atom. The predicted molar refractivity (Wildman–Crippen MR) is 83.7 cm³/mol. The second-order valence-electron chi connectivity index (χ2n) is 4.68.